The molecule has 5 aromatic rings. The Hall–Kier alpha value is -4.89. The van der Waals surface area contributed by atoms with Crippen LogP contribution < -0.4 is 11.1 Å². The van der Waals surface area contributed by atoms with Crippen LogP contribution in [0.3, 0.4) is 0 Å². The van der Waals surface area contributed by atoms with E-state index in [4.69, 9.17) is 17.3 Å². The Morgan fingerprint density at radius 2 is 1.82 bits per heavy atom. The number of anilines is 1. The molecule has 10 heteroatoms. The van der Waals surface area contributed by atoms with E-state index in [1.54, 1.807) is 30.5 Å². The number of benzene rings is 3. The molecule has 0 radical (unpaired) electrons. The highest BCUT2D eigenvalue weighted by Gasteiger charge is 2.18. The van der Waals surface area contributed by atoms with Crippen LogP contribution in [0.25, 0.3) is 22.9 Å². The number of nitrogens with zero attached hydrogens (tertiary/aromatic N) is 6. The second-order valence-corrected chi connectivity index (χ2v) is 8.97. The van der Waals surface area contributed by atoms with Crippen molar-refractivity contribution in [1.29, 1.82) is 0 Å². The second-order valence-electron chi connectivity index (χ2n) is 8.53. The van der Waals surface area contributed by atoms with Crippen molar-refractivity contribution >= 4 is 29.3 Å². The molecule has 0 saturated carbocycles. The number of halogens is 1. The van der Waals surface area contributed by atoms with E-state index in [0.717, 1.165) is 16.7 Å². The molecule has 2 heterocycles. The third kappa shape index (κ3) is 6.08. The zero-order valence-electron chi connectivity index (χ0n) is 20.1. The maximum Gasteiger partial charge on any atom is 0.244 e. The summed E-state index contributed by atoms with van der Waals surface area (Å²) in [5.74, 6) is -0.298. The van der Waals surface area contributed by atoms with E-state index in [1.807, 2.05) is 60.7 Å². The Morgan fingerprint density at radius 1 is 1.00 bits per heavy atom. The Balaban J connectivity index is 1.42. The Bertz CT molecular complexity index is 1550. The van der Waals surface area contributed by atoms with Gasteiger partial charge in [-0.15, -0.1) is 5.10 Å². The van der Waals surface area contributed by atoms with Gasteiger partial charge >= 0.3 is 0 Å². The summed E-state index contributed by atoms with van der Waals surface area (Å²) in [5, 5.41) is 23.5. The van der Waals surface area contributed by atoms with Crippen molar-refractivity contribution in [1.82, 2.24) is 35.7 Å². The summed E-state index contributed by atoms with van der Waals surface area (Å²) in [6.07, 6.45) is 6.83. The lowest BCUT2D eigenvalue weighted by Crippen LogP contribution is -2.29. The Kier molecular flexibility index (Phi) is 7.47. The van der Waals surface area contributed by atoms with E-state index in [1.165, 1.54) is 17.1 Å². The summed E-state index contributed by atoms with van der Waals surface area (Å²) in [6, 6.07) is 24.2. The number of nitrogen functional groups attached to an aromatic ring is 1. The van der Waals surface area contributed by atoms with Gasteiger partial charge in [0.15, 0.2) is 0 Å². The number of carbonyl (C=O) groups excluding carboxylic acids is 1. The highest BCUT2D eigenvalue weighted by Crippen LogP contribution is 2.24. The first-order valence-corrected chi connectivity index (χ1v) is 12.2. The minimum Gasteiger partial charge on any atom is -0.399 e. The number of carbonyl (C=O) groups is 1. The summed E-state index contributed by atoms with van der Waals surface area (Å²) < 4.78 is 1.50. The second kappa shape index (κ2) is 11.4. The molecule has 0 spiro atoms. The van der Waals surface area contributed by atoms with Crippen LogP contribution in [0.5, 0.6) is 0 Å². The van der Waals surface area contributed by atoms with Crippen molar-refractivity contribution in [2.24, 2.45) is 0 Å². The number of nitrogens with one attached hydrogen (secondary N) is 1. The van der Waals surface area contributed by atoms with Crippen molar-refractivity contribution in [2.75, 3.05) is 5.73 Å². The molecule has 3 N–H and O–H groups in total. The lowest BCUT2D eigenvalue weighted by molar-refractivity contribution is -0.117. The van der Waals surface area contributed by atoms with E-state index in [9.17, 15) is 4.79 Å². The van der Waals surface area contributed by atoms with Crippen molar-refractivity contribution in [3.05, 3.63) is 119 Å². The van der Waals surface area contributed by atoms with Gasteiger partial charge in [0, 0.05) is 27.9 Å². The number of tetrazole rings is 1. The number of amides is 1. The van der Waals surface area contributed by atoms with E-state index in [2.05, 4.69) is 31.0 Å². The quantitative estimate of drug-likeness (QED) is 0.227. The molecule has 3 aromatic carbocycles. The van der Waals surface area contributed by atoms with Crippen LogP contribution in [0.15, 0.2) is 97.5 Å². The highest BCUT2D eigenvalue weighted by atomic mass is 35.5. The van der Waals surface area contributed by atoms with Gasteiger partial charge in [0.2, 0.25) is 5.91 Å². The number of rotatable bonds is 8. The van der Waals surface area contributed by atoms with Crippen LogP contribution in [-0.2, 0) is 11.2 Å². The van der Waals surface area contributed by atoms with Gasteiger partial charge in [-0.3, -0.25) is 4.79 Å². The topological polar surface area (TPSA) is 125 Å². The molecule has 1 amide bonds. The molecule has 188 valence electrons. The molecule has 1 unspecified atom stereocenters. The SMILES string of the molecule is Nc1ccc(-c2cnnc(C(Cc3ccccc3)NC(=O)/C=C/c3cc(Cl)ccc3-n3cnnn3)c2)cc1. The lowest BCUT2D eigenvalue weighted by atomic mass is 10.00. The summed E-state index contributed by atoms with van der Waals surface area (Å²) >= 11 is 6.20. The van der Waals surface area contributed by atoms with Crippen LogP contribution >= 0.6 is 11.6 Å². The zero-order valence-corrected chi connectivity index (χ0v) is 20.9. The van der Waals surface area contributed by atoms with Crippen LogP contribution in [0, 0.1) is 0 Å². The number of hydrogen-bond donors (Lipinski definition) is 2. The molecule has 0 saturated heterocycles. The highest BCUT2D eigenvalue weighted by molar-refractivity contribution is 6.30. The zero-order chi connectivity index (χ0) is 26.3. The molecule has 0 bridgehead atoms. The molecule has 0 aliphatic rings. The number of aromatic nitrogens is 6. The van der Waals surface area contributed by atoms with Crippen molar-refractivity contribution in [3.63, 3.8) is 0 Å². The third-order valence-corrected chi connectivity index (χ3v) is 6.11. The first-order chi connectivity index (χ1) is 18.5. The predicted molar refractivity (Wildman–Crippen MR) is 146 cm³/mol. The molecule has 38 heavy (non-hydrogen) atoms. The summed E-state index contributed by atoms with van der Waals surface area (Å²) in [6.45, 7) is 0. The normalized spacial score (nSPS) is 11.9. The monoisotopic (exact) mass is 522 g/mol. The van der Waals surface area contributed by atoms with Gasteiger partial charge in [0.25, 0.3) is 0 Å². The van der Waals surface area contributed by atoms with Crippen molar-refractivity contribution < 1.29 is 4.79 Å². The third-order valence-electron chi connectivity index (χ3n) is 5.87. The molecule has 2 aromatic heterocycles. The molecule has 1 atom stereocenters. The van der Waals surface area contributed by atoms with Crippen LogP contribution in [0.4, 0.5) is 5.69 Å². The first-order valence-electron chi connectivity index (χ1n) is 11.8. The van der Waals surface area contributed by atoms with Gasteiger partial charge in [-0.2, -0.15) is 14.9 Å². The van der Waals surface area contributed by atoms with Crippen molar-refractivity contribution in [3.8, 4) is 16.8 Å². The maximum absolute atomic E-state index is 13.1. The first kappa shape index (κ1) is 24.8. The van der Waals surface area contributed by atoms with E-state index >= 15 is 0 Å². The van der Waals surface area contributed by atoms with Crippen molar-refractivity contribution in [2.45, 2.75) is 12.5 Å². The Labute approximate surface area is 224 Å². The average molecular weight is 523 g/mol. The van der Waals surface area contributed by atoms with Gasteiger partial charge in [-0.25, -0.2) is 0 Å². The lowest BCUT2D eigenvalue weighted by Gasteiger charge is -2.18. The van der Waals surface area contributed by atoms with E-state index in [0.29, 0.717) is 34.1 Å². The summed E-state index contributed by atoms with van der Waals surface area (Å²) in [5.41, 5.74) is 11.4. The molecule has 0 aliphatic carbocycles. The Morgan fingerprint density at radius 3 is 2.58 bits per heavy atom. The largest absolute Gasteiger partial charge is 0.399 e. The molecule has 9 nitrogen and oxygen atoms in total. The van der Waals surface area contributed by atoms with Gasteiger partial charge in [-0.1, -0.05) is 54.1 Å². The predicted octanol–water partition coefficient (Wildman–Crippen LogP) is 4.47. The molecule has 0 fully saturated rings. The average Bonchev–Trinajstić information content (AvgIpc) is 3.48. The van der Waals surface area contributed by atoms with Crippen LogP contribution in [0.2, 0.25) is 5.02 Å². The fourth-order valence-corrected chi connectivity index (χ4v) is 4.17. The smallest absolute Gasteiger partial charge is 0.244 e. The number of nitrogens with two attached hydrogens (primary N) is 1. The van der Waals surface area contributed by atoms with Gasteiger partial charge < -0.3 is 11.1 Å². The maximum atomic E-state index is 13.1. The standard InChI is InChI=1S/C28H23ClN8O/c29-23-9-12-27(37-18-32-35-36-37)21(15-23)8-13-28(38)33-25(14-19-4-2-1-3-5-19)26-16-22(17-31-34-26)20-6-10-24(30)11-7-20/h1-13,15-18,25H,14,30H2,(H,33,38)/b13-8+. The fourth-order valence-electron chi connectivity index (χ4n) is 3.99. The molecular formula is C28H23ClN8O. The molecular weight excluding hydrogens is 500 g/mol. The summed E-state index contributed by atoms with van der Waals surface area (Å²) in [7, 11) is 0. The molecule has 0 aliphatic heterocycles. The number of hydrogen-bond acceptors (Lipinski definition) is 7. The van der Waals surface area contributed by atoms with E-state index < -0.39 is 6.04 Å². The fraction of sp³-hybridized carbons (Fsp3) is 0.0714. The molecule has 5 rings (SSSR count). The van der Waals surface area contributed by atoms with Gasteiger partial charge in [0.05, 0.1) is 23.6 Å². The summed E-state index contributed by atoms with van der Waals surface area (Å²) in [4.78, 5) is 13.1. The minimum atomic E-state index is -0.422. The minimum absolute atomic E-state index is 0.298. The van der Waals surface area contributed by atoms with E-state index in [-0.39, 0.29) is 5.91 Å². The van der Waals surface area contributed by atoms with Gasteiger partial charge in [0.1, 0.15) is 6.33 Å². The van der Waals surface area contributed by atoms with Crippen LogP contribution in [0.1, 0.15) is 22.9 Å². The van der Waals surface area contributed by atoms with Gasteiger partial charge in [-0.05, 0) is 70.4 Å². The van der Waals surface area contributed by atoms with Crippen LogP contribution in [-0.4, -0.2) is 36.3 Å².